The van der Waals surface area contributed by atoms with Gasteiger partial charge in [0.1, 0.15) is 55.4 Å². The zero-order valence-corrected chi connectivity index (χ0v) is 37.6. The first-order valence-electron chi connectivity index (χ1n) is 21.7. The Morgan fingerprint density at radius 3 is 2.26 bits per heavy atom. The first-order valence-corrected chi connectivity index (χ1v) is 21.7. The number of carbonyl (C=O) groups is 5. The molecule has 0 spiro atoms. The van der Waals surface area contributed by atoms with Gasteiger partial charge in [-0.3, -0.25) is 24.0 Å². The lowest BCUT2D eigenvalue weighted by molar-refractivity contribution is -0.141. The SMILES string of the molecule is CCCC#Cc1ccc(-c2ncc(C(=O)N[C@@H](CCN)C(=O)N(C)[C@@H]3C(=O)N[C@@H](C)C(=O)N[C@H](C(=O)NCC#N)Cc4ccc(OCCN)c(c4)-c4cc3ccc4OCCN)c(C)n2)cc1. The third-order valence-electron chi connectivity index (χ3n) is 10.6. The molecule has 0 saturated carbocycles. The summed E-state index contributed by atoms with van der Waals surface area (Å²) in [6.45, 7) is 5.51. The predicted octanol–water partition coefficient (Wildman–Crippen LogP) is 1.78. The highest BCUT2D eigenvalue weighted by Crippen LogP contribution is 2.40. The number of ether oxygens (including phenoxy) is 2. The van der Waals surface area contributed by atoms with Crippen LogP contribution >= 0.6 is 0 Å². The Hall–Kier alpha value is -7.38. The van der Waals surface area contributed by atoms with Crippen molar-refractivity contribution < 1.29 is 33.4 Å². The summed E-state index contributed by atoms with van der Waals surface area (Å²) < 4.78 is 12.2. The summed E-state index contributed by atoms with van der Waals surface area (Å²) in [4.78, 5) is 80.3. The number of fused-ring (bicyclic) bond motifs is 5. The molecular formula is C48H57N11O7. The zero-order chi connectivity index (χ0) is 47.8. The van der Waals surface area contributed by atoms with E-state index in [9.17, 15) is 24.0 Å². The third kappa shape index (κ3) is 12.7. The molecule has 4 aromatic rings. The lowest BCUT2D eigenvalue weighted by atomic mass is 9.93. The van der Waals surface area contributed by atoms with Gasteiger partial charge in [-0.05, 0) is 92.9 Å². The maximum absolute atomic E-state index is 14.6. The maximum atomic E-state index is 14.6. The molecule has 18 nitrogen and oxygen atoms in total. The zero-order valence-electron chi connectivity index (χ0n) is 37.6. The average Bonchev–Trinajstić information content (AvgIpc) is 3.31. The van der Waals surface area contributed by atoms with Crippen molar-refractivity contribution in [2.45, 2.75) is 70.6 Å². The molecule has 0 radical (unpaired) electrons. The Balaban J connectivity index is 1.54. The molecule has 5 rings (SSSR count). The summed E-state index contributed by atoms with van der Waals surface area (Å²) in [5.41, 5.74) is 21.6. The molecule has 1 aliphatic rings. The quantitative estimate of drug-likeness (QED) is 0.0625. The number of hydrogen-bond acceptors (Lipinski definition) is 13. The molecule has 0 unspecified atom stereocenters. The van der Waals surface area contributed by atoms with Crippen molar-refractivity contribution >= 4 is 29.5 Å². The molecule has 0 aliphatic carbocycles. The van der Waals surface area contributed by atoms with E-state index in [0.29, 0.717) is 45.3 Å². The number of hydrogen-bond donors (Lipinski definition) is 7. The van der Waals surface area contributed by atoms with Gasteiger partial charge in [-0.1, -0.05) is 30.9 Å². The van der Waals surface area contributed by atoms with Gasteiger partial charge in [-0.25, -0.2) is 9.97 Å². The van der Waals surface area contributed by atoms with E-state index in [1.54, 1.807) is 43.3 Å². The molecule has 1 aliphatic heterocycles. The maximum Gasteiger partial charge on any atom is 0.255 e. The Kier molecular flexibility index (Phi) is 18.1. The minimum absolute atomic E-state index is 0.000513. The minimum Gasteiger partial charge on any atom is -0.492 e. The van der Waals surface area contributed by atoms with Crippen LogP contribution in [0, 0.1) is 30.1 Å². The van der Waals surface area contributed by atoms with Crippen LogP contribution in [0.1, 0.15) is 71.9 Å². The van der Waals surface area contributed by atoms with E-state index < -0.39 is 53.7 Å². The molecule has 4 atom stereocenters. The topological polar surface area (TPSA) is 283 Å². The highest BCUT2D eigenvalue weighted by molar-refractivity contribution is 6.00. The van der Waals surface area contributed by atoms with E-state index in [2.05, 4.69) is 50.0 Å². The summed E-state index contributed by atoms with van der Waals surface area (Å²) in [6.07, 6.45) is 3.16. The van der Waals surface area contributed by atoms with Gasteiger partial charge in [0.15, 0.2) is 5.82 Å². The second-order valence-corrected chi connectivity index (χ2v) is 15.5. The molecule has 0 saturated heterocycles. The number of nitrogens with two attached hydrogens (primary N) is 3. The number of likely N-dealkylation sites (N-methyl/N-ethyl adjacent to an activating group) is 1. The standard InChI is InChI=1S/C48H57N11O7/c1-5-6-7-8-31-9-12-33(13-10-31)43-54-28-37(29(2)55-43)45(61)57-38(17-18-49)48(64)59(4)42-34-14-16-41(66-24-21-52)36(27-34)35-25-32(11-15-40(35)65-23-20-51)26-39(46(62)53-22-19-50)58-44(60)30(3)56-47(42)63/h9-16,25,27-28,30,38-39,42H,5-6,17-18,20-24,26,49,51-52H2,1-4H3,(H,53,62)(H,56,63)(H,57,61)(H,58,60)/t30-,38-,39-,42-/m0/s1. The monoisotopic (exact) mass is 899 g/mol. The Bertz CT molecular complexity index is 2500. The van der Waals surface area contributed by atoms with E-state index >= 15 is 0 Å². The first kappa shape index (κ1) is 49.6. The van der Waals surface area contributed by atoms with Gasteiger partial charge >= 0.3 is 0 Å². The van der Waals surface area contributed by atoms with Crippen LogP contribution in [0.5, 0.6) is 11.5 Å². The van der Waals surface area contributed by atoms with Crippen molar-refractivity contribution in [1.82, 2.24) is 36.1 Å². The number of nitrogens with one attached hydrogen (secondary N) is 4. The van der Waals surface area contributed by atoms with Gasteiger partial charge in [0.05, 0.1) is 17.3 Å². The van der Waals surface area contributed by atoms with Crippen LogP contribution < -0.4 is 47.9 Å². The molecule has 66 heavy (non-hydrogen) atoms. The molecule has 0 fully saturated rings. The minimum atomic E-state index is -1.41. The molecule has 3 aromatic carbocycles. The summed E-state index contributed by atoms with van der Waals surface area (Å²) in [6, 6.07) is 14.5. The van der Waals surface area contributed by atoms with Crippen LogP contribution in [0.4, 0.5) is 0 Å². The van der Waals surface area contributed by atoms with Gasteiger partial charge in [0.2, 0.25) is 23.6 Å². The van der Waals surface area contributed by atoms with Crippen molar-refractivity contribution in [1.29, 1.82) is 5.26 Å². The molecular weight excluding hydrogens is 843 g/mol. The van der Waals surface area contributed by atoms with Crippen LogP contribution in [0.25, 0.3) is 22.5 Å². The fraction of sp³-hybridized carbons (Fsp3) is 0.375. The van der Waals surface area contributed by atoms with E-state index in [1.807, 2.05) is 30.3 Å². The first-order chi connectivity index (χ1) is 31.8. The summed E-state index contributed by atoms with van der Waals surface area (Å²) in [7, 11) is 1.41. The fourth-order valence-corrected chi connectivity index (χ4v) is 7.19. The normalized spacial score (nSPS) is 16.1. The Morgan fingerprint density at radius 1 is 0.939 bits per heavy atom. The fourth-order valence-electron chi connectivity index (χ4n) is 7.19. The Morgan fingerprint density at radius 2 is 1.62 bits per heavy atom. The number of nitriles is 1. The smallest absolute Gasteiger partial charge is 0.255 e. The van der Waals surface area contributed by atoms with Crippen molar-refractivity contribution in [3.63, 3.8) is 0 Å². The summed E-state index contributed by atoms with van der Waals surface area (Å²) in [5, 5.41) is 19.8. The van der Waals surface area contributed by atoms with Gasteiger partial charge in [-0.2, -0.15) is 5.26 Å². The van der Waals surface area contributed by atoms with Gasteiger partial charge in [0.25, 0.3) is 5.91 Å². The number of amides is 5. The van der Waals surface area contributed by atoms with Crippen LogP contribution in [0.15, 0.2) is 66.9 Å². The lowest BCUT2D eigenvalue weighted by Crippen LogP contribution is -2.56. The molecule has 4 bridgehead atoms. The van der Waals surface area contributed by atoms with Gasteiger partial charge in [0, 0.05) is 61.4 Å². The van der Waals surface area contributed by atoms with Crippen LogP contribution in [0.3, 0.4) is 0 Å². The van der Waals surface area contributed by atoms with E-state index in [-0.39, 0.29) is 57.8 Å². The molecule has 5 amide bonds. The molecule has 346 valence electrons. The second-order valence-electron chi connectivity index (χ2n) is 15.5. The van der Waals surface area contributed by atoms with E-state index in [4.69, 9.17) is 31.9 Å². The van der Waals surface area contributed by atoms with E-state index in [1.165, 1.54) is 25.1 Å². The highest BCUT2D eigenvalue weighted by atomic mass is 16.5. The largest absolute Gasteiger partial charge is 0.492 e. The molecule has 1 aromatic heterocycles. The van der Waals surface area contributed by atoms with Crippen LogP contribution in [-0.4, -0.2) is 109 Å². The van der Waals surface area contributed by atoms with Crippen molar-refractivity contribution in [3.8, 4) is 51.9 Å². The van der Waals surface area contributed by atoms with Crippen LogP contribution in [0.2, 0.25) is 0 Å². The van der Waals surface area contributed by atoms with Gasteiger partial charge in [-0.15, -0.1) is 0 Å². The number of nitrogens with zero attached hydrogens (tertiary/aromatic N) is 4. The average molecular weight is 900 g/mol. The van der Waals surface area contributed by atoms with Gasteiger partial charge < -0.3 is 52.8 Å². The molecule has 2 heterocycles. The number of rotatable bonds is 16. The van der Waals surface area contributed by atoms with E-state index in [0.717, 1.165) is 24.0 Å². The van der Waals surface area contributed by atoms with Crippen molar-refractivity contribution in [3.05, 3.63) is 94.8 Å². The number of benzene rings is 3. The van der Waals surface area contributed by atoms with Crippen molar-refractivity contribution in [2.75, 3.05) is 46.4 Å². The lowest BCUT2D eigenvalue weighted by Gasteiger charge is -2.32. The van der Waals surface area contributed by atoms with Crippen LogP contribution in [-0.2, 0) is 25.6 Å². The van der Waals surface area contributed by atoms with Crippen molar-refractivity contribution in [2.24, 2.45) is 17.2 Å². The Labute approximate surface area is 384 Å². The number of carbonyl (C=O) groups excluding carboxylic acids is 5. The number of unbranched alkanes of at least 4 members (excludes halogenated alkanes) is 1. The molecule has 10 N–H and O–H groups in total. The number of aromatic nitrogens is 2. The summed E-state index contributed by atoms with van der Waals surface area (Å²) in [5.74, 6) is 4.01. The third-order valence-corrected chi connectivity index (χ3v) is 10.6. The number of aryl methyl sites for hydroxylation is 1. The predicted molar refractivity (Wildman–Crippen MR) is 247 cm³/mol. The highest BCUT2D eigenvalue weighted by Gasteiger charge is 2.36. The second kappa shape index (κ2) is 24.1. The molecule has 18 heteroatoms. The summed E-state index contributed by atoms with van der Waals surface area (Å²) >= 11 is 0.